The molecule has 1 aliphatic rings. The van der Waals surface area contributed by atoms with Crippen molar-refractivity contribution >= 4 is 11.8 Å². The highest BCUT2D eigenvalue weighted by atomic mass is 32.2. The Balaban J connectivity index is 1.72. The Kier molecular flexibility index (Phi) is 3.19. The predicted molar refractivity (Wildman–Crippen MR) is 74.6 cm³/mol. The largest absolute Gasteiger partial charge is 0.122 e. The molecule has 2 aromatic rings. The summed E-state index contributed by atoms with van der Waals surface area (Å²) >= 11 is 2.03. The Morgan fingerprint density at radius 2 is 1.53 bits per heavy atom. The minimum absolute atomic E-state index is 0.743. The highest BCUT2D eigenvalue weighted by Crippen LogP contribution is 2.33. The number of benzene rings is 2. The SMILES string of the molecule is c1ccc(SC2CCc3ccccc3C2)cc1. The summed E-state index contributed by atoms with van der Waals surface area (Å²) in [6.45, 7) is 0. The summed E-state index contributed by atoms with van der Waals surface area (Å²) < 4.78 is 0. The van der Waals surface area contributed by atoms with Gasteiger partial charge in [0.15, 0.2) is 0 Å². The monoisotopic (exact) mass is 240 g/mol. The lowest BCUT2D eigenvalue weighted by Gasteiger charge is -2.24. The molecular formula is C16H16S. The third-order valence-electron chi connectivity index (χ3n) is 3.35. The van der Waals surface area contributed by atoms with Gasteiger partial charge in [0.2, 0.25) is 0 Å². The molecule has 0 aromatic heterocycles. The maximum atomic E-state index is 2.28. The van der Waals surface area contributed by atoms with Crippen LogP contribution in [0.5, 0.6) is 0 Å². The molecular weight excluding hydrogens is 224 g/mol. The van der Waals surface area contributed by atoms with Crippen LogP contribution in [0.25, 0.3) is 0 Å². The van der Waals surface area contributed by atoms with Crippen LogP contribution < -0.4 is 0 Å². The highest BCUT2D eigenvalue weighted by Gasteiger charge is 2.18. The van der Waals surface area contributed by atoms with Crippen LogP contribution in [0.3, 0.4) is 0 Å². The van der Waals surface area contributed by atoms with Crippen LogP contribution in [0.1, 0.15) is 17.5 Å². The molecule has 0 amide bonds. The fourth-order valence-electron chi connectivity index (χ4n) is 2.46. The van der Waals surface area contributed by atoms with E-state index in [1.807, 2.05) is 11.8 Å². The first kappa shape index (κ1) is 10.9. The molecule has 3 rings (SSSR count). The molecule has 0 saturated carbocycles. The number of hydrogen-bond donors (Lipinski definition) is 0. The number of thioether (sulfide) groups is 1. The first-order valence-electron chi connectivity index (χ1n) is 6.20. The zero-order valence-electron chi connectivity index (χ0n) is 9.80. The highest BCUT2D eigenvalue weighted by molar-refractivity contribution is 8.00. The van der Waals surface area contributed by atoms with Crippen molar-refractivity contribution in [3.8, 4) is 0 Å². The molecule has 1 atom stereocenters. The van der Waals surface area contributed by atoms with Crippen LogP contribution in [0.2, 0.25) is 0 Å². The average molecular weight is 240 g/mol. The van der Waals surface area contributed by atoms with Gasteiger partial charge < -0.3 is 0 Å². The predicted octanol–water partition coefficient (Wildman–Crippen LogP) is 4.34. The molecule has 0 nitrogen and oxygen atoms in total. The topological polar surface area (TPSA) is 0 Å². The molecule has 1 heteroatoms. The van der Waals surface area contributed by atoms with E-state index < -0.39 is 0 Å². The zero-order valence-corrected chi connectivity index (χ0v) is 10.6. The summed E-state index contributed by atoms with van der Waals surface area (Å²) in [7, 11) is 0. The summed E-state index contributed by atoms with van der Waals surface area (Å²) in [6.07, 6.45) is 3.76. The summed E-state index contributed by atoms with van der Waals surface area (Å²) in [4.78, 5) is 1.40. The van der Waals surface area contributed by atoms with E-state index >= 15 is 0 Å². The average Bonchev–Trinajstić information content (AvgIpc) is 2.40. The van der Waals surface area contributed by atoms with Gasteiger partial charge in [-0.05, 0) is 42.5 Å². The fourth-order valence-corrected chi connectivity index (χ4v) is 3.65. The fraction of sp³-hybridized carbons (Fsp3) is 0.250. The van der Waals surface area contributed by atoms with Crippen molar-refractivity contribution in [3.05, 3.63) is 65.7 Å². The van der Waals surface area contributed by atoms with Crippen LogP contribution in [-0.4, -0.2) is 5.25 Å². The molecule has 1 aliphatic carbocycles. The number of rotatable bonds is 2. The Hall–Kier alpha value is -1.21. The lowest BCUT2D eigenvalue weighted by molar-refractivity contribution is 0.702. The number of hydrogen-bond acceptors (Lipinski definition) is 1. The summed E-state index contributed by atoms with van der Waals surface area (Å²) in [5.74, 6) is 0. The number of fused-ring (bicyclic) bond motifs is 1. The normalized spacial score (nSPS) is 18.7. The van der Waals surface area contributed by atoms with Gasteiger partial charge in [0.25, 0.3) is 0 Å². The molecule has 0 heterocycles. The first-order valence-corrected chi connectivity index (χ1v) is 7.08. The van der Waals surface area contributed by atoms with E-state index in [-0.39, 0.29) is 0 Å². The van der Waals surface area contributed by atoms with Crippen molar-refractivity contribution in [1.82, 2.24) is 0 Å². The third kappa shape index (κ3) is 2.55. The molecule has 0 N–H and O–H groups in total. The van der Waals surface area contributed by atoms with Gasteiger partial charge in [0.1, 0.15) is 0 Å². The molecule has 86 valence electrons. The van der Waals surface area contributed by atoms with Crippen LogP contribution >= 0.6 is 11.8 Å². The molecule has 0 spiro atoms. The molecule has 0 saturated heterocycles. The van der Waals surface area contributed by atoms with E-state index in [1.54, 1.807) is 11.1 Å². The van der Waals surface area contributed by atoms with E-state index in [0.29, 0.717) is 0 Å². The van der Waals surface area contributed by atoms with Gasteiger partial charge >= 0.3 is 0 Å². The molecule has 0 radical (unpaired) electrons. The smallest absolute Gasteiger partial charge is 0.0138 e. The van der Waals surface area contributed by atoms with E-state index in [4.69, 9.17) is 0 Å². The van der Waals surface area contributed by atoms with Gasteiger partial charge in [-0.25, -0.2) is 0 Å². The second-order valence-electron chi connectivity index (χ2n) is 4.56. The van der Waals surface area contributed by atoms with Crippen molar-refractivity contribution in [2.75, 3.05) is 0 Å². The van der Waals surface area contributed by atoms with Crippen molar-refractivity contribution in [2.24, 2.45) is 0 Å². The minimum Gasteiger partial charge on any atom is -0.122 e. The van der Waals surface area contributed by atoms with Gasteiger partial charge in [-0.1, -0.05) is 42.5 Å². The van der Waals surface area contributed by atoms with Crippen LogP contribution in [0, 0.1) is 0 Å². The van der Waals surface area contributed by atoms with Gasteiger partial charge in [-0.2, -0.15) is 0 Å². The molecule has 1 unspecified atom stereocenters. The second-order valence-corrected chi connectivity index (χ2v) is 5.94. The quantitative estimate of drug-likeness (QED) is 0.752. The van der Waals surface area contributed by atoms with Gasteiger partial charge in [0.05, 0.1) is 0 Å². The Labute approximate surface area is 107 Å². The van der Waals surface area contributed by atoms with Crippen molar-refractivity contribution in [1.29, 1.82) is 0 Å². The molecule has 17 heavy (non-hydrogen) atoms. The maximum absolute atomic E-state index is 2.28. The Morgan fingerprint density at radius 3 is 2.35 bits per heavy atom. The lowest BCUT2D eigenvalue weighted by Crippen LogP contribution is -2.15. The number of aryl methyl sites for hydroxylation is 1. The van der Waals surface area contributed by atoms with E-state index in [9.17, 15) is 0 Å². The van der Waals surface area contributed by atoms with Crippen LogP contribution in [-0.2, 0) is 12.8 Å². The Bertz CT molecular complexity index is 490. The second kappa shape index (κ2) is 4.97. The van der Waals surface area contributed by atoms with Gasteiger partial charge in [0, 0.05) is 10.1 Å². The van der Waals surface area contributed by atoms with Gasteiger partial charge in [-0.3, -0.25) is 0 Å². The van der Waals surface area contributed by atoms with E-state index in [2.05, 4.69) is 54.6 Å². The van der Waals surface area contributed by atoms with E-state index in [1.165, 1.54) is 24.2 Å². The van der Waals surface area contributed by atoms with E-state index in [0.717, 1.165) is 5.25 Å². The molecule has 0 fully saturated rings. The maximum Gasteiger partial charge on any atom is 0.0138 e. The summed E-state index contributed by atoms with van der Waals surface area (Å²) in [5, 5.41) is 0.743. The van der Waals surface area contributed by atoms with Crippen molar-refractivity contribution < 1.29 is 0 Å². The van der Waals surface area contributed by atoms with Gasteiger partial charge in [-0.15, -0.1) is 11.8 Å². The minimum atomic E-state index is 0.743. The molecule has 0 bridgehead atoms. The zero-order chi connectivity index (χ0) is 11.5. The van der Waals surface area contributed by atoms with Crippen molar-refractivity contribution in [3.63, 3.8) is 0 Å². The molecule has 0 aliphatic heterocycles. The summed E-state index contributed by atoms with van der Waals surface area (Å²) in [6, 6.07) is 19.6. The standard InChI is InChI=1S/C16H16S/c1-2-8-15(9-3-1)17-16-11-10-13-6-4-5-7-14(13)12-16/h1-9,16H,10-12H2. The summed E-state index contributed by atoms with van der Waals surface area (Å²) in [5.41, 5.74) is 3.10. The lowest BCUT2D eigenvalue weighted by atomic mass is 9.92. The van der Waals surface area contributed by atoms with Crippen LogP contribution in [0.15, 0.2) is 59.5 Å². The van der Waals surface area contributed by atoms with Crippen molar-refractivity contribution in [2.45, 2.75) is 29.4 Å². The third-order valence-corrected chi connectivity index (χ3v) is 4.63. The Morgan fingerprint density at radius 1 is 0.824 bits per heavy atom. The molecule has 2 aromatic carbocycles. The van der Waals surface area contributed by atoms with Crippen LogP contribution in [0.4, 0.5) is 0 Å². The first-order chi connectivity index (χ1) is 8.42.